The van der Waals surface area contributed by atoms with Crippen molar-refractivity contribution >= 4 is 12.2 Å². The van der Waals surface area contributed by atoms with Crippen molar-refractivity contribution in [3.63, 3.8) is 0 Å². The Morgan fingerprint density at radius 1 is 1.90 bits per heavy atom. The van der Waals surface area contributed by atoms with E-state index in [2.05, 4.69) is 11.2 Å². The van der Waals surface area contributed by atoms with Crippen molar-refractivity contribution in [3.8, 4) is 0 Å². The first-order valence-corrected chi connectivity index (χ1v) is 2.49. The summed E-state index contributed by atoms with van der Waals surface area (Å²) in [6.07, 6.45) is 0.856. The van der Waals surface area contributed by atoms with E-state index in [9.17, 15) is 14.9 Å². The number of nitrogens with zero attached hydrogens (tertiary/aromatic N) is 3. The molecular formula is C4H4N3O3. The highest BCUT2D eigenvalue weighted by atomic mass is 16.6. The van der Waals surface area contributed by atoms with Gasteiger partial charge in [0.05, 0.1) is 4.92 Å². The van der Waals surface area contributed by atoms with Crippen LogP contribution in [0.15, 0.2) is 4.99 Å². The van der Waals surface area contributed by atoms with Gasteiger partial charge in [-0.1, -0.05) is 0 Å². The standard InChI is InChI=1S/C4H4N3O3/c1-6-3(7(9)10)2-5-4(6)8/h3H,1H3. The molecule has 53 valence electrons. The number of nitro groups is 1. The summed E-state index contributed by atoms with van der Waals surface area (Å²) < 4.78 is 0. The van der Waals surface area contributed by atoms with Crippen molar-refractivity contribution in [2.75, 3.05) is 7.05 Å². The first-order valence-electron chi connectivity index (χ1n) is 2.49. The second kappa shape index (κ2) is 2.05. The highest BCUT2D eigenvalue weighted by Gasteiger charge is 2.33. The van der Waals surface area contributed by atoms with Crippen molar-refractivity contribution in [1.29, 1.82) is 0 Å². The number of aliphatic imine (C=N–C) groups is 1. The highest BCUT2D eigenvalue weighted by molar-refractivity contribution is 5.91. The van der Waals surface area contributed by atoms with Gasteiger partial charge in [0.2, 0.25) is 0 Å². The summed E-state index contributed by atoms with van der Waals surface area (Å²) in [5.74, 6) is 0. The summed E-state index contributed by atoms with van der Waals surface area (Å²) in [6, 6.07) is -0.623. The molecule has 0 spiro atoms. The van der Waals surface area contributed by atoms with Gasteiger partial charge in [-0.25, -0.2) is 4.79 Å². The third-order valence-electron chi connectivity index (χ3n) is 1.14. The number of hydrogen-bond donors (Lipinski definition) is 0. The molecule has 0 saturated carbocycles. The molecule has 2 amide bonds. The smallest absolute Gasteiger partial charge is 0.262 e. The molecule has 0 bridgehead atoms. The first-order chi connectivity index (χ1) is 4.63. The quantitative estimate of drug-likeness (QED) is 0.369. The second-order valence-electron chi connectivity index (χ2n) is 1.79. The van der Waals surface area contributed by atoms with Crippen LogP contribution in [-0.2, 0) is 0 Å². The molecule has 1 aliphatic rings. The molecule has 1 aliphatic heterocycles. The van der Waals surface area contributed by atoms with Gasteiger partial charge < -0.3 is 0 Å². The van der Waals surface area contributed by atoms with Crippen LogP contribution in [0.4, 0.5) is 4.79 Å². The zero-order chi connectivity index (χ0) is 7.72. The first kappa shape index (κ1) is 6.66. The molecule has 1 atom stereocenters. The van der Waals surface area contributed by atoms with Crippen LogP contribution in [0.25, 0.3) is 0 Å². The van der Waals surface area contributed by atoms with Crippen LogP contribution < -0.4 is 0 Å². The van der Waals surface area contributed by atoms with Gasteiger partial charge in [-0.15, -0.1) is 0 Å². The van der Waals surface area contributed by atoms with Gasteiger partial charge >= 0.3 is 12.2 Å². The zero-order valence-corrected chi connectivity index (χ0v) is 5.14. The van der Waals surface area contributed by atoms with Crippen LogP contribution in [0.5, 0.6) is 0 Å². The average molecular weight is 142 g/mol. The Bertz CT molecular complexity index is 212. The lowest BCUT2D eigenvalue weighted by atomic mass is 10.5. The Kier molecular flexibility index (Phi) is 1.37. The fraction of sp³-hybridized carbons (Fsp3) is 0.500. The van der Waals surface area contributed by atoms with Crippen LogP contribution in [0.2, 0.25) is 0 Å². The number of urea groups is 1. The van der Waals surface area contributed by atoms with Crippen molar-refractivity contribution in [2.45, 2.75) is 6.17 Å². The SMILES string of the molecule is CN1C(=O)N=[C]C1[N+](=O)[O-]. The van der Waals surface area contributed by atoms with Crippen LogP contribution in [0.3, 0.4) is 0 Å². The van der Waals surface area contributed by atoms with E-state index in [0.29, 0.717) is 0 Å². The van der Waals surface area contributed by atoms with E-state index in [0.717, 1.165) is 4.90 Å². The fourth-order valence-corrected chi connectivity index (χ4v) is 0.572. The fourth-order valence-electron chi connectivity index (χ4n) is 0.572. The Hall–Kier alpha value is -1.46. The van der Waals surface area contributed by atoms with E-state index in [1.807, 2.05) is 0 Å². The Labute approximate surface area is 56.3 Å². The lowest BCUT2D eigenvalue weighted by Gasteiger charge is -2.07. The molecule has 10 heavy (non-hydrogen) atoms. The molecule has 0 aromatic heterocycles. The van der Waals surface area contributed by atoms with Crippen molar-refractivity contribution in [2.24, 2.45) is 4.99 Å². The molecule has 1 unspecified atom stereocenters. The molecular weight excluding hydrogens is 138 g/mol. The zero-order valence-electron chi connectivity index (χ0n) is 5.14. The summed E-state index contributed by atoms with van der Waals surface area (Å²) in [5, 5.41) is 10.0. The predicted molar refractivity (Wildman–Crippen MR) is 31.4 cm³/mol. The van der Waals surface area contributed by atoms with E-state index < -0.39 is 17.1 Å². The predicted octanol–water partition coefficient (Wildman–Crippen LogP) is -0.398. The van der Waals surface area contributed by atoms with Crippen LogP contribution in [-0.4, -0.2) is 35.3 Å². The minimum Gasteiger partial charge on any atom is -0.262 e. The molecule has 0 saturated heterocycles. The van der Waals surface area contributed by atoms with Gasteiger partial charge in [0, 0.05) is 7.05 Å². The largest absolute Gasteiger partial charge is 0.349 e. The lowest BCUT2D eigenvalue weighted by molar-refractivity contribution is -0.520. The Balaban J connectivity index is 2.76. The van der Waals surface area contributed by atoms with E-state index in [4.69, 9.17) is 0 Å². The second-order valence-corrected chi connectivity index (χ2v) is 1.79. The van der Waals surface area contributed by atoms with Gasteiger partial charge in [0.25, 0.3) is 0 Å². The maximum atomic E-state index is 10.5. The van der Waals surface area contributed by atoms with Gasteiger partial charge in [0.15, 0.2) is 6.21 Å². The number of hydrogen-bond acceptors (Lipinski definition) is 3. The van der Waals surface area contributed by atoms with Crippen LogP contribution >= 0.6 is 0 Å². The number of amides is 2. The van der Waals surface area contributed by atoms with Crippen LogP contribution in [0.1, 0.15) is 0 Å². The maximum Gasteiger partial charge on any atom is 0.349 e. The monoisotopic (exact) mass is 142 g/mol. The minimum atomic E-state index is -1.20. The third-order valence-corrected chi connectivity index (χ3v) is 1.14. The maximum absolute atomic E-state index is 10.5. The van der Waals surface area contributed by atoms with E-state index in [-0.39, 0.29) is 0 Å². The summed E-state index contributed by atoms with van der Waals surface area (Å²) in [6.45, 7) is 0. The average Bonchev–Trinajstić information content (AvgIpc) is 2.14. The van der Waals surface area contributed by atoms with E-state index >= 15 is 0 Å². The normalized spacial score (nSPS) is 23.9. The molecule has 6 heteroatoms. The molecule has 1 heterocycles. The van der Waals surface area contributed by atoms with E-state index in [1.54, 1.807) is 0 Å². The van der Waals surface area contributed by atoms with E-state index in [1.165, 1.54) is 7.05 Å². The number of carbonyl (C=O) groups is 1. The lowest BCUT2D eigenvalue weighted by Crippen LogP contribution is -2.36. The highest BCUT2D eigenvalue weighted by Crippen LogP contribution is 2.04. The summed E-state index contributed by atoms with van der Waals surface area (Å²) >= 11 is 0. The third kappa shape index (κ3) is 0.831. The van der Waals surface area contributed by atoms with Crippen LogP contribution in [0, 0.1) is 10.1 Å². The van der Waals surface area contributed by atoms with Crippen molar-refractivity contribution < 1.29 is 9.72 Å². The van der Waals surface area contributed by atoms with Gasteiger partial charge in [-0.3, -0.25) is 15.0 Å². The van der Waals surface area contributed by atoms with Gasteiger partial charge in [0.1, 0.15) is 0 Å². The molecule has 6 nitrogen and oxygen atoms in total. The Morgan fingerprint density at radius 2 is 2.50 bits per heavy atom. The molecule has 1 radical (unpaired) electrons. The molecule has 0 fully saturated rings. The van der Waals surface area contributed by atoms with Crippen molar-refractivity contribution in [1.82, 2.24) is 4.90 Å². The molecule has 0 aliphatic carbocycles. The van der Waals surface area contributed by atoms with Crippen molar-refractivity contribution in [3.05, 3.63) is 10.1 Å². The molecule has 0 N–H and O–H groups in total. The molecule has 1 rings (SSSR count). The molecule has 0 aromatic carbocycles. The molecule has 0 aromatic rings. The van der Waals surface area contributed by atoms with Gasteiger partial charge in [-0.2, -0.15) is 4.99 Å². The minimum absolute atomic E-state index is 0.623. The summed E-state index contributed by atoms with van der Waals surface area (Å²) in [7, 11) is 1.30. The topological polar surface area (TPSA) is 75.8 Å². The Morgan fingerprint density at radius 3 is 2.70 bits per heavy atom. The number of carbonyl (C=O) groups excluding carboxylic acids is 1. The summed E-state index contributed by atoms with van der Waals surface area (Å²) in [4.78, 5) is 23.9. The number of rotatable bonds is 1. The summed E-state index contributed by atoms with van der Waals surface area (Å²) in [5.41, 5.74) is 0. The van der Waals surface area contributed by atoms with Gasteiger partial charge in [-0.05, 0) is 0 Å².